The Bertz CT molecular complexity index is 415. The van der Waals surface area contributed by atoms with Crippen LogP contribution in [0.3, 0.4) is 0 Å². The van der Waals surface area contributed by atoms with Gasteiger partial charge in [0, 0.05) is 11.3 Å². The van der Waals surface area contributed by atoms with Crippen LogP contribution in [0.1, 0.15) is 70.0 Å². The van der Waals surface area contributed by atoms with Crippen molar-refractivity contribution in [1.82, 2.24) is 15.5 Å². The Kier molecular flexibility index (Phi) is 3.61. The lowest BCUT2D eigenvalue weighted by molar-refractivity contribution is 0.239. The smallest absolute Gasteiger partial charge is 0.232 e. The first-order valence-corrected chi connectivity index (χ1v) is 7.72. The fraction of sp³-hybridized carbons (Fsp3) is 0.867. The van der Waals surface area contributed by atoms with Crippen molar-refractivity contribution in [3.63, 3.8) is 0 Å². The number of aromatic nitrogens is 2. The lowest BCUT2D eigenvalue weighted by atomic mass is 9.80. The van der Waals surface area contributed by atoms with Crippen molar-refractivity contribution in [2.75, 3.05) is 13.1 Å². The van der Waals surface area contributed by atoms with Crippen molar-refractivity contribution in [2.45, 2.75) is 63.7 Å². The fourth-order valence-electron chi connectivity index (χ4n) is 3.36. The van der Waals surface area contributed by atoms with E-state index in [1.807, 2.05) is 0 Å². The molecule has 3 rings (SSSR count). The Labute approximate surface area is 115 Å². The molecule has 4 heteroatoms. The summed E-state index contributed by atoms with van der Waals surface area (Å²) in [5.74, 6) is 3.22. The second-order valence-corrected chi connectivity index (χ2v) is 6.73. The van der Waals surface area contributed by atoms with E-state index in [0.717, 1.165) is 43.6 Å². The predicted molar refractivity (Wildman–Crippen MR) is 74.1 cm³/mol. The first-order chi connectivity index (χ1) is 9.17. The molecule has 0 bridgehead atoms. The molecule has 1 aliphatic carbocycles. The van der Waals surface area contributed by atoms with Crippen LogP contribution in [0.15, 0.2) is 4.52 Å². The third-order valence-corrected chi connectivity index (χ3v) is 5.05. The molecule has 0 radical (unpaired) electrons. The normalized spacial score (nSPS) is 31.3. The molecule has 0 unspecified atom stereocenters. The van der Waals surface area contributed by atoms with Gasteiger partial charge in [-0.1, -0.05) is 31.8 Å². The Morgan fingerprint density at radius 2 is 1.84 bits per heavy atom. The summed E-state index contributed by atoms with van der Waals surface area (Å²) in [6.45, 7) is 6.70. The van der Waals surface area contributed by atoms with E-state index >= 15 is 0 Å². The standard InChI is InChI=1S/C15H25N3O/c1-11-3-5-12(6-4-11)13-17-14(19-18-13)15(2)7-9-16-10-8-15/h11-12,16H,3-10H2,1-2H3. The van der Waals surface area contributed by atoms with Gasteiger partial charge in [0.1, 0.15) is 0 Å². The van der Waals surface area contributed by atoms with Gasteiger partial charge in [-0.25, -0.2) is 0 Å². The van der Waals surface area contributed by atoms with Gasteiger partial charge in [-0.2, -0.15) is 4.98 Å². The highest BCUT2D eigenvalue weighted by Crippen LogP contribution is 2.36. The summed E-state index contributed by atoms with van der Waals surface area (Å²) in [4.78, 5) is 4.75. The molecule has 1 N–H and O–H groups in total. The van der Waals surface area contributed by atoms with Crippen LogP contribution in [0, 0.1) is 5.92 Å². The molecule has 1 aliphatic heterocycles. The summed E-state index contributed by atoms with van der Waals surface area (Å²) in [5.41, 5.74) is 0.0818. The van der Waals surface area contributed by atoms with Crippen molar-refractivity contribution < 1.29 is 4.52 Å². The second-order valence-electron chi connectivity index (χ2n) is 6.73. The summed E-state index contributed by atoms with van der Waals surface area (Å²) in [6, 6.07) is 0. The molecule has 4 nitrogen and oxygen atoms in total. The van der Waals surface area contributed by atoms with Gasteiger partial charge >= 0.3 is 0 Å². The number of piperidine rings is 1. The van der Waals surface area contributed by atoms with Gasteiger partial charge in [0.25, 0.3) is 0 Å². The van der Waals surface area contributed by atoms with Crippen LogP contribution in [0.5, 0.6) is 0 Å². The summed E-state index contributed by atoms with van der Waals surface area (Å²) < 4.78 is 5.60. The molecule has 2 fully saturated rings. The largest absolute Gasteiger partial charge is 0.339 e. The summed E-state index contributed by atoms with van der Waals surface area (Å²) >= 11 is 0. The summed E-state index contributed by atoms with van der Waals surface area (Å²) in [6.07, 6.45) is 7.23. The molecular formula is C15H25N3O. The molecule has 0 aromatic carbocycles. The lowest BCUT2D eigenvalue weighted by Crippen LogP contribution is -2.37. The maximum Gasteiger partial charge on any atom is 0.232 e. The van der Waals surface area contributed by atoms with Crippen molar-refractivity contribution in [2.24, 2.45) is 5.92 Å². The Morgan fingerprint density at radius 1 is 1.16 bits per heavy atom. The van der Waals surface area contributed by atoms with E-state index in [1.54, 1.807) is 0 Å². The van der Waals surface area contributed by atoms with Crippen molar-refractivity contribution in [3.8, 4) is 0 Å². The molecule has 19 heavy (non-hydrogen) atoms. The average molecular weight is 263 g/mol. The molecule has 0 atom stereocenters. The quantitative estimate of drug-likeness (QED) is 0.891. The third-order valence-electron chi connectivity index (χ3n) is 5.05. The van der Waals surface area contributed by atoms with E-state index in [4.69, 9.17) is 9.51 Å². The molecule has 0 amide bonds. The zero-order valence-corrected chi connectivity index (χ0v) is 12.1. The van der Waals surface area contributed by atoms with Crippen LogP contribution in [0.4, 0.5) is 0 Å². The first-order valence-electron chi connectivity index (χ1n) is 7.72. The number of nitrogens with zero attached hydrogens (tertiary/aromatic N) is 2. The van der Waals surface area contributed by atoms with Crippen molar-refractivity contribution >= 4 is 0 Å². The highest BCUT2D eigenvalue weighted by Gasteiger charge is 2.35. The minimum atomic E-state index is 0.0818. The van der Waals surface area contributed by atoms with Gasteiger partial charge in [-0.05, 0) is 44.7 Å². The molecule has 0 spiro atoms. The van der Waals surface area contributed by atoms with Crippen molar-refractivity contribution in [1.29, 1.82) is 0 Å². The van der Waals surface area contributed by atoms with Crippen LogP contribution in [0.2, 0.25) is 0 Å². The van der Waals surface area contributed by atoms with E-state index in [2.05, 4.69) is 24.3 Å². The van der Waals surface area contributed by atoms with Crippen LogP contribution >= 0.6 is 0 Å². The van der Waals surface area contributed by atoms with Crippen LogP contribution in [-0.4, -0.2) is 23.2 Å². The van der Waals surface area contributed by atoms with E-state index < -0.39 is 0 Å². The monoisotopic (exact) mass is 263 g/mol. The fourth-order valence-corrected chi connectivity index (χ4v) is 3.36. The maximum atomic E-state index is 5.60. The van der Waals surface area contributed by atoms with E-state index in [0.29, 0.717) is 5.92 Å². The highest BCUT2D eigenvalue weighted by atomic mass is 16.5. The number of rotatable bonds is 2. The molecule has 1 saturated heterocycles. The van der Waals surface area contributed by atoms with Crippen molar-refractivity contribution in [3.05, 3.63) is 11.7 Å². The average Bonchev–Trinajstić information content (AvgIpc) is 2.91. The van der Waals surface area contributed by atoms with E-state index in [-0.39, 0.29) is 5.41 Å². The minimum Gasteiger partial charge on any atom is -0.339 e. The van der Waals surface area contributed by atoms with Crippen LogP contribution in [-0.2, 0) is 5.41 Å². The third kappa shape index (κ3) is 2.69. The van der Waals surface area contributed by atoms with Gasteiger partial charge in [0.15, 0.2) is 5.82 Å². The van der Waals surface area contributed by atoms with E-state index in [1.165, 1.54) is 25.7 Å². The van der Waals surface area contributed by atoms with Gasteiger partial charge in [-0.3, -0.25) is 0 Å². The molecule has 2 heterocycles. The minimum absolute atomic E-state index is 0.0818. The molecule has 1 aromatic rings. The molecule has 106 valence electrons. The first kappa shape index (κ1) is 13.1. The number of hydrogen-bond donors (Lipinski definition) is 1. The Hall–Kier alpha value is -0.900. The predicted octanol–water partition coefficient (Wildman–Crippen LogP) is 3.00. The van der Waals surface area contributed by atoms with Gasteiger partial charge in [0.2, 0.25) is 5.89 Å². The van der Waals surface area contributed by atoms with Gasteiger partial charge in [-0.15, -0.1) is 0 Å². The Morgan fingerprint density at radius 3 is 2.53 bits per heavy atom. The second kappa shape index (κ2) is 5.23. The summed E-state index contributed by atoms with van der Waals surface area (Å²) in [5, 5.41) is 7.67. The van der Waals surface area contributed by atoms with E-state index in [9.17, 15) is 0 Å². The molecule has 2 aliphatic rings. The molecule has 1 aromatic heterocycles. The number of hydrogen-bond acceptors (Lipinski definition) is 4. The SMILES string of the molecule is CC1CCC(c2noc(C3(C)CCNCC3)n2)CC1. The Balaban J connectivity index is 1.72. The van der Waals surface area contributed by atoms with Gasteiger partial charge < -0.3 is 9.84 Å². The highest BCUT2D eigenvalue weighted by molar-refractivity contribution is 5.07. The lowest BCUT2D eigenvalue weighted by Gasteiger charge is -2.30. The molecular weight excluding hydrogens is 238 g/mol. The van der Waals surface area contributed by atoms with Crippen LogP contribution in [0.25, 0.3) is 0 Å². The topological polar surface area (TPSA) is 51.0 Å². The maximum absolute atomic E-state index is 5.60. The van der Waals surface area contributed by atoms with Gasteiger partial charge in [0.05, 0.1) is 0 Å². The number of nitrogens with one attached hydrogen (secondary N) is 1. The summed E-state index contributed by atoms with van der Waals surface area (Å²) in [7, 11) is 0. The zero-order chi connectivity index (χ0) is 13.3. The van der Waals surface area contributed by atoms with Crippen LogP contribution < -0.4 is 5.32 Å². The molecule has 1 saturated carbocycles. The zero-order valence-electron chi connectivity index (χ0n) is 12.1.